The molecule has 1 N–H and O–H groups in total. The number of hydrogen-bond donors (Lipinski definition) is 1. The van der Waals surface area contributed by atoms with E-state index in [1.54, 1.807) is 12.5 Å². The molecule has 1 amide bonds. The summed E-state index contributed by atoms with van der Waals surface area (Å²) in [5.74, 6) is 0.976. The Morgan fingerprint density at radius 3 is 2.96 bits per heavy atom. The first kappa shape index (κ1) is 15.6. The minimum atomic E-state index is 0.0275. The summed E-state index contributed by atoms with van der Waals surface area (Å²) in [7, 11) is 0. The predicted octanol–water partition coefficient (Wildman–Crippen LogP) is 3.21. The number of carbonyl (C=O) groups is 1. The van der Waals surface area contributed by atoms with E-state index < -0.39 is 0 Å². The SMILES string of the molecule is C[C@H](CCc1ccco1)NC(=O)Cc1cnc(-n2cccc2)s1. The Labute approximate surface area is 139 Å². The average Bonchev–Trinajstić information content (AvgIpc) is 3.26. The molecule has 0 aliphatic rings. The van der Waals surface area contributed by atoms with Gasteiger partial charge in [0.1, 0.15) is 5.76 Å². The van der Waals surface area contributed by atoms with Crippen molar-refractivity contribution in [1.29, 1.82) is 0 Å². The molecular weight excluding hydrogens is 310 g/mol. The largest absolute Gasteiger partial charge is 0.469 e. The summed E-state index contributed by atoms with van der Waals surface area (Å²) in [5.41, 5.74) is 0. The minimum absolute atomic E-state index is 0.0275. The maximum atomic E-state index is 12.1. The van der Waals surface area contributed by atoms with Crippen molar-refractivity contribution < 1.29 is 9.21 Å². The predicted molar refractivity (Wildman–Crippen MR) is 89.8 cm³/mol. The molecule has 0 unspecified atom stereocenters. The first-order valence-electron chi connectivity index (χ1n) is 7.60. The van der Waals surface area contributed by atoms with Crippen molar-refractivity contribution >= 4 is 17.2 Å². The van der Waals surface area contributed by atoms with Gasteiger partial charge in [-0.05, 0) is 37.6 Å². The third-order valence-corrected chi connectivity index (χ3v) is 4.52. The van der Waals surface area contributed by atoms with Crippen LogP contribution < -0.4 is 5.32 Å². The summed E-state index contributed by atoms with van der Waals surface area (Å²) in [6.45, 7) is 2.01. The zero-order chi connectivity index (χ0) is 16.1. The maximum Gasteiger partial charge on any atom is 0.225 e. The molecule has 3 heterocycles. The van der Waals surface area contributed by atoms with Gasteiger partial charge < -0.3 is 14.3 Å². The van der Waals surface area contributed by atoms with Gasteiger partial charge in [0.25, 0.3) is 0 Å². The standard InChI is InChI=1S/C17H19N3O2S/c1-13(6-7-14-5-4-10-22-14)19-16(21)11-15-12-18-17(23-15)20-8-2-3-9-20/h2-5,8-10,12-13H,6-7,11H2,1H3,(H,19,21)/t13-/m1/s1. The van der Waals surface area contributed by atoms with Gasteiger partial charge in [-0.3, -0.25) is 4.79 Å². The Bertz CT molecular complexity index is 732. The van der Waals surface area contributed by atoms with Crippen LogP contribution in [0.1, 0.15) is 24.0 Å². The van der Waals surface area contributed by atoms with Gasteiger partial charge in [-0.2, -0.15) is 0 Å². The van der Waals surface area contributed by atoms with Crippen LogP contribution in [0.3, 0.4) is 0 Å². The maximum absolute atomic E-state index is 12.1. The fourth-order valence-corrected chi connectivity index (χ4v) is 3.21. The van der Waals surface area contributed by atoms with Crippen LogP contribution in [0, 0.1) is 0 Å². The highest BCUT2D eigenvalue weighted by Crippen LogP contribution is 2.18. The number of thiazole rings is 1. The number of nitrogens with one attached hydrogen (secondary N) is 1. The van der Waals surface area contributed by atoms with E-state index in [-0.39, 0.29) is 11.9 Å². The Morgan fingerprint density at radius 1 is 1.39 bits per heavy atom. The molecule has 0 aliphatic heterocycles. The highest BCUT2D eigenvalue weighted by atomic mass is 32.1. The topological polar surface area (TPSA) is 60.1 Å². The van der Waals surface area contributed by atoms with Gasteiger partial charge in [0.15, 0.2) is 5.13 Å². The summed E-state index contributed by atoms with van der Waals surface area (Å²) >= 11 is 1.53. The molecule has 0 bridgehead atoms. The molecule has 6 heteroatoms. The van der Waals surface area contributed by atoms with Crippen molar-refractivity contribution in [3.05, 3.63) is 59.8 Å². The summed E-state index contributed by atoms with van der Waals surface area (Å²) in [4.78, 5) is 17.4. The van der Waals surface area contributed by atoms with Gasteiger partial charge in [0.05, 0.1) is 12.7 Å². The Hall–Kier alpha value is -2.34. The van der Waals surface area contributed by atoms with Crippen LogP contribution in [0.15, 0.2) is 53.5 Å². The number of hydrogen-bond acceptors (Lipinski definition) is 4. The number of nitrogens with zero attached hydrogens (tertiary/aromatic N) is 2. The molecule has 1 atom stereocenters. The summed E-state index contributed by atoms with van der Waals surface area (Å²) in [5, 5.41) is 3.90. The molecule has 0 saturated carbocycles. The van der Waals surface area contributed by atoms with Gasteiger partial charge in [-0.15, -0.1) is 11.3 Å². The summed E-state index contributed by atoms with van der Waals surface area (Å²) < 4.78 is 7.24. The summed E-state index contributed by atoms with van der Waals surface area (Å²) in [6.07, 6.45) is 9.38. The second-order valence-corrected chi connectivity index (χ2v) is 6.56. The van der Waals surface area contributed by atoms with Crippen LogP contribution in [-0.4, -0.2) is 21.5 Å². The number of aromatic nitrogens is 2. The zero-order valence-electron chi connectivity index (χ0n) is 12.9. The molecule has 120 valence electrons. The lowest BCUT2D eigenvalue weighted by molar-refractivity contribution is -0.121. The fourth-order valence-electron chi connectivity index (χ4n) is 2.33. The lowest BCUT2D eigenvalue weighted by atomic mass is 10.1. The monoisotopic (exact) mass is 329 g/mol. The van der Waals surface area contributed by atoms with E-state index in [2.05, 4.69) is 10.3 Å². The highest BCUT2D eigenvalue weighted by Gasteiger charge is 2.11. The zero-order valence-corrected chi connectivity index (χ0v) is 13.8. The molecule has 23 heavy (non-hydrogen) atoms. The Morgan fingerprint density at radius 2 is 2.22 bits per heavy atom. The number of furan rings is 1. The molecule has 3 aromatic heterocycles. The van der Waals surface area contributed by atoms with Crippen LogP contribution in [0.2, 0.25) is 0 Å². The highest BCUT2D eigenvalue weighted by molar-refractivity contribution is 7.14. The van der Waals surface area contributed by atoms with Crippen LogP contribution in [-0.2, 0) is 17.6 Å². The van der Waals surface area contributed by atoms with Crippen LogP contribution >= 0.6 is 11.3 Å². The van der Waals surface area contributed by atoms with Crippen molar-refractivity contribution in [2.24, 2.45) is 0 Å². The molecule has 0 fully saturated rings. The molecule has 0 aromatic carbocycles. The van der Waals surface area contributed by atoms with E-state index >= 15 is 0 Å². The first-order chi connectivity index (χ1) is 11.2. The van der Waals surface area contributed by atoms with Crippen molar-refractivity contribution in [3.63, 3.8) is 0 Å². The van der Waals surface area contributed by atoms with E-state index in [1.807, 2.05) is 48.1 Å². The van der Waals surface area contributed by atoms with Gasteiger partial charge in [-0.25, -0.2) is 4.98 Å². The molecule has 3 rings (SSSR count). The lowest BCUT2D eigenvalue weighted by Crippen LogP contribution is -2.33. The van der Waals surface area contributed by atoms with Crippen molar-refractivity contribution in [3.8, 4) is 5.13 Å². The lowest BCUT2D eigenvalue weighted by Gasteiger charge is -2.12. The van der Waals surface area contributed by atoms with E-state index in [1.165, 1.54) is 11.3 Å². The van der Waals surface area contributed by atoms with E-state index in [0.29, 0.717) is 6.42 Å². The van der Waals surface area contributed by atoms with Crippen LogP contribution in [0.4, 0.5) is 0 Å². The number of carbonyl (C=O) groups excluding carboxylic acids is 1. The quantitative estimate of drug-likeness (QED) is 0.724. The van der Waals surface area contributed by atoms with Crippen molar-refractivity contribution in [2.45, 2.75) is 32.2 Å². The van der Waals surface area contributed by atoms with Gasteiger partial charge >= 0.3 is 0 Å². The summed E-state index contributed by atoms with van der Waals surface area (Å²) in [6, 6.07) is 7.85. The number of rotatable bonds is 7. The molecule has 3 aromatic rings. The average molecular weight is 329 g/mol. The third kappa shape index (κ3) is 4.32. The first-order valence-corrected chi connectivity index (χ1v) is 8.42. The smallest absolute Gasteiger partial charge is 0.225 e. The minimum Gasteiger partial charge on any atom is -0.469 e. The fraction of sp³-hybridized carbons (Fsp3) is 0.294. The van der Waals surface area contributed by atoms with Crippen LogP contribution in [0.25, 0.3) is 5.13 Å². The third-order valence-electron chi connectivity index (χ3n) is 3.51. The molecule has 0 saturated heterocycles. The van der Waals surface area contributed by atoms with E-state index in [4.69, 9.17) is 4.42 Å². The number of amides is 1. The van der Waals surface area contributed by atoms with Gasteiger partial charge in [0, 0.05) is 35.9 Å². The van der Waals surface area contributed by atoms with Crippen molar-refractivity contribution in [2.75, 3.05) is 0 Å². The van der Waals surface area contributed by atoms with Crippen LogP contribution in [0.5, 0.6) is 0 Å². The Kier molecular flexibility index (Phi) is 4.92. The molecular formula is C17H19N3O2S. The molecule has 0 radical (unpaired) electrons. The van der Waals surface area contributed by atoms with Gasteiger partial charge in [0.2, 0.25) is 5.91 Å². The van der Waals surface area contributed by atoms with Gasteiger partial charge in [-0.1, -0.05) is 0 Å². The molecule has 0 aliphatic carbocycles. The number of aryl methyl sites for hydroxylation is 1. The second-order valence-electron chi connectivity index (χ2n) is 5.46. The normalized spacial score (nSPS) is 12.2. The Balaban J connectivity index is 1.47. The van der Waals surface area contributed by atoms with E-state index in [0.717, 1.165) is 28.6 Å². The van der Waals surface area contributed by atoms with Crippen molar-refractivity contribution in [1.82, 2.24) is 14.9 Å². The van der Waals surface area contributed by atoms with E-state index in [9.17, 15) is 4.79 Å². The molecule has 0 spiro atoms. The second kappa shape index (κ2) is 7.28. The molecule has 5 nitrogen and oxygen atoms in total.